The van der Waals surface area contributed by atoms with Crippen molar-refractivity contribution in [1.82, 2.24) is 20.3 Å². The molecule has 0 aliphatic rings. The number of carbonyl (C=O) groups excluding carboxylic acids is 1. The van der Waals surface area contributed by atoms with Gasteiger partial charge in [0.15, 0.2) is 0 Å². The molecule has 26 heavy (non-hydrogen) atoms. The molecule has 9 heteroatoms. The van der Waals surface area contributed by atoms with Crippen LogP contribution in [0.3, 0.4) is 0 Å². The molecule has 134 valence electrons. The van der Waals surface area contributed by atoms with Crippen molar-refractivity contribution in [2.45, 2.75) is 12.6 Å². The summed E-state index contributed by atoms with van der Waals surface area (Å²) in [5, 5.41) is 5.25. The Kier molecular flexibility index (Phi) is 5.27. The minimum atomic E-state index is -4.54. The fourth-order valence-electron chi connectivity index (χ4n) is 2.16. The van der Waals surface area contributed by atoms with Gasteiger partial charge in [0.05, 0.1) is 27.5 Å². The molecule has 3 heterocycles. The lowest BCUT2D eigenvalue weighted by atomic mass is 10.2. The lowest BCUT2D eigenvalue weighted by Gasteiger charge is -2.08. The Morgan fingerprint density at radius 2 is 2.04 bits per heavy atom. The predicted molar refractivity (Wildman–Crippen MR) is 90.6 cm³/mol. The van der Waals surface area contributed by atoms with Crippen LogP contribution in [0.15, 0.2) is 48.2 Å². The summed E-state index contributed by atoms with van der Waals surface area (Å²) in [7, 11) is 0. The van der Waals surface area contributed by atoms with Crippen LogP contribution in [-0.2, 0) is 12.6 Å². The number of alkyl halides is 3. The Labute approximate surface area is 151 Å². The molecular weight excluding hydrogens is 365 g/mol. The summed E-state index contributed by atoms with van der Waals surface area (Å²) in [6, 6.07) is 6.31. The SMILES string of the molecule is O=C(NCCc1nc(-c2ccccn2)cs1)c1cncc(C(F)(F)F)c1. The van der Waals surface area contributed by atoms with Crippen molar-refractivity contribution >= 4 is 17.2 Å². The molecule has 3 aromatic heterocycles. The number of aromatic nitrogens is 3. The van der Waals surface area contributed by atoms with Crippen LogP contribution in [-0.4, -0.2) is 27.4 Å². The highest BCUT2D eigenvalue weighted by Crippen LogP contribution is 2.28. The van der Waals surface area contributed by atoms with Crippen molar-refractivity contribution in [2.24, 2.45) is 0 Å². The zero-order valence-corrected chi connectivity index (χ0v) is 14.1. The highest BCUT2D eigenvalue weighted by molar-refractivity contribution is 7.09. The van der Waals surface area contributed by atoms with Crippen molar-refractivity contribution in [3.05, 3.63) is 64.4 Å². The first-order chi connectivity index (χ1) is 12.4. The van der Waals surface area contributed by atoms with Crippen LogP contribution in [0.4, 0.5) is 13.2 Å². The number of nitrogens with zero attached hydrogens (tertiary/aromatic N) is 3. The van der Waals surface area contributed by atoms with Crippen LogP contribution < -0.4 is 5.32 Å². The average molecular weight is 378 g/mol. The van der Waals surface area contributed by atoms with Crippen LogP contribution in [0.5, 0.6) is 0 Å². The van der Waals surface area contributed by atoms with Gasteiger partial charge in [0.1, 0.15) is 0 Å². The number of rotatable bonds is 5. The number of halogens is 3. The summed E-state index contributed by atoms with van der Waals surface area (Å²) >= 11 is 1.43. The van der Waals surface area contributed by atoms with E-state index in [9.17, 15) is 18.0 Å². The molecule has 0 spiro atoms. The number of amides is 1. The van der Waals surface area contributed by atoms with Crippen LogP contribution >= 0.6 is 11.3 Å². The Hall–Kier alpha value is -2.81. The number of hydrogen-bond acceptors (Lipinski definition) is 5. The number of carbonyl (C=O) groups is 1. The first-order valence-electron chi connectivity index (χ1n) is 7.60. The average Bonchev–Trinajstić information content (AvgIpc) is 3.11. The van der Waals surface area contributed by atoms with Gasteiger partial charge in [0, 0.05) is 36.9 Å². The van der Waals surface area contributed by atoms with Crippen molar-refractivity contribution in [1.29, 1.82) is 0 Å². The van der Waals surface area contributed by atoms with Crippen LogP contribution in [0.2, 0.25) is 0 Å². The van der Waals surface area contributed by atoms with Gasteiger partial charge in [-0.05, 0) is 18.2 Å². The van der Waals surface area contributed by atoms with Crippen molar-refractivity contribution in [3.63, 3.8) is 0 Å². The fourth-order valence-corrected chi connectivity index (χ4v) is 2.95. The van der Waals surface area contributed by atoms with E-state index in [0.29, 0.717) is 12.6 Å². The molecule has 0 fully saturated rings. The topological polar surface area (TPSA) is 67.8 Å². The second-order valence-electron chi connectivity index (χ2n) is 5.31. The van der Waals surface area contributed by atoms with Crippen LogP contribution in [0.1, 0.15) is 20.9 Å². The molecule has 3 rings (SSSR count). The van der Waals surface area contributed by atoms with E-state index in [1.54, 1.807) is 6.20 Å². The van der Waals surface area contributed by atoms with E-state index in [-0.39, 0.29) is 12.1 Å². The molecule has 0 saturated heterocycles. The lowest BCUT2D eigenvalue weighted by Crippen LogP contribution is -2.26. The molecule has 0 bridgehead atoms. The highest BCUT2D eigenvalue weighted by Gasteiger charge is 2.31. The van der Waals surface area contributed by atoms with Crippen molar-refractivity contribution in [2.75, 3.05) is 6.54 Å². The molecule has 5 nitrogen and oxygen atoms in total. The third kappa shape index (κ3) is 4.42. The summed E-state index contributed by atoms with van der Waals surface area (Å²) in [5.74, 6) is -0.606. The zero-order valence-electron chi connectivity index (χ0n) is 13.3. The molecule has 1 amide bonds. The molecule has 0 aliphatic heterocycles. The van der Waals surface area contributed by atoms with Crippen molar-refractivity contribution in [3.8, 4) is 11.4 Å². The molecule has 0 atom stereocenters. The first-order valence-corrected chi connectivity index (χ1v) is 8.48. The van der Waals surface area contributed by atoms with Gasteiger partial charge in [-0.2, -0.15) is 13.2 Å². The Bertz CT molecular complexity index is 896. The van der Waals surface area contributed by atoms with Gasteiger partial charge in [-0.25, -0.2) is 4.98 Å². The van der Waals surface area contributed by atoms with E-state index in [1.807, 2.05) is 23.6 Å². The molecule has 3 aromatic rings. The molecule has 1 N–H and O–H groups in total. The van der Waals surface area contributed by atoms with Gasteiger partial charge >= 0.3 is 6.18 Å². The number of hydrogen-bond donors (Lipinski definition) is 1. The van der Waals surface area contributed by atoms with Gasteiger partial charge in [-0.3, -0.25) is 14.8 Å². The van der Waals surface area contributed by atoms with Crippen LogP contribution in [0, 0.1) is 0 Å². The normalized spacial score (nSPS) is 11.3. The summed E-state index contributed by atoms with van der Waals surface area (Å²) in [5.41, 5.74) is 0.422. The number of pyridine rings is 2. The van der Waals surface area contributed by atoms with E-state index >= 15 is 0 Å². The third-order valence-electron chi connectivity index (χ3n) is 3.43. The van der Waals surface area contributed by atoms with Gasteiger partial charge in [0.2, 0.25) is 0 Å². The monoisotopic (exact) mass is 378 g/mol. The van der Waals surface area contributed by atoms with Gasteiger partial charge in [-0.15, -0.1) is 11.3 Å². The standard InChI is InChI=1S/C17H13F3N4OS/c18-17(19,20)12-7-11(8-21-9-12)16(25)23-6-4-15-24-14(10-26-15)13-3-1-2-5-22-13/h1-3,5,7-10H,4,6H2,(H,23,25). The van der Waals surface area contributed by atoms with Gasteiger partial charge in [0.25, 0.3) is 5.91 Å². The third-order valence-corrected chi connectivity index (χ3v) is 4.34. The van der Waals surface area contributed by atoms with Crippen molar-refractivity contribution < 1.29 is 18.0 Å². The second-order valence-corrected chi connectivity index (χ2v) is 6.25. The molecule has 0 radical (unpaired) electrons. The molecule has 0 saturated carbocycles. The maximum Gasteiger partial charge on any atom is 0.417 e. The quantitative estimate of drug-likeness (QED) is 0.737. The maximum atomic E-state index is 12.7. The summed E-state index contributed by atoms with van der Waals surface area (Å²) in [6.45, 7) is 0.254. The number of thiazole rings is 1. The Morgan fingerprint density at radius 3 is 2.77 bits per heavy atom. The molecule has 0 aromatic carbocycles. The smallest absolute Gasteiger partial charge is 0.352 e. The van der Waals surface area contributed by atoms with E-state index in [0.717, 1.165) is 28.7 Å². The van der Waals surface area contributed by atoms with Gasteiger partial charge < -0.3 is 5.32 Å². The van der Waals surface area contributed by atoms with E-state index in [1.165, 1.54) is 11.3 Å². The summed E-state index contributed by atoms with van der Waals surface area (Å²) < 4.78 is 38.0. The molecule has 0 aliphatic carbocycles. The second kappa shape index (κ2) is 7.61. The lowest BCUT2D eigenvalue weighted by molar-refractivity contribution is -0.137. The summed E-state index contributed by atoms with van der Waals surface area (Å²) in [4.78, 5) is 24.1. The number of nitrogens with one attached hydrogen (secondary N) is 1. The largest absolute Gasteiger partial charge is 0.417 e. The predicted octanol–water partition coefficient (Wildman–Crippen LogP) is 3.59. The van der Waals surface area contributed by atoms with E-state index in [2.05, 4.69) is 20.3 Å². The minimum Gasteiger partial charge on any atom is -0.352 e. The minimum absolute atomic E-state index is 0.131. The molecular formula is C17H13F3N4OS. The maximum absolute atomic E-state index is 12.7. The van der Waals surface area contributed by atoms with E-state index < -0.39 is 17.6 Å². The Morgan fingerprint density at radius 1 is 1.19 bits per heavy atom. The summed E-state index contributed by atoms with van der Waals surface area (Å²) in [6.07, 6.45) is -0.599. The highest BCUT2D eigenvalue weighted by atomic mass is 32.1. The van der Waals surface area contributed by atoms with Gasteiger partial charge in [-0.1, -0.05) is 6.07 Å². The zero-order chi connectivity index (χ0) is 18.6. The van der Waals surface area contributed by atoms with Crippen LogP contribution in [0.25, 0.3) is 11.4 Å². The molecule has 0 unspecified atom stereocenters. The first kappa shape index (κ1) is 18.0. The van der Waals surface area contributed by atoms with E-state index in [4.69, 9.17) is 0 Å². The fraction of sp³-hybridized carbons (Fsp3) is 0.176. The Balaban J connectivity index is 1.57.